The van der Waals surface area contributed by atoms with Gasteiger partial charge in [-0.05, 0) is 29.8 Å². The zero-order chi connectivity index (χ0) is 14.8. The fourth-order valence-corrected chi connectivity index (χ4v) is 2.44. The molecular formula is C17H11FN2O. The summed E-state index contributed by atoms with van der Waals surface area (Å²) >= 11 is 0. The summed E-state index contributed by atoms with van der Waals surface area (Å²) in [5, 5.41) is 9.76. The highest BCUT2D eigenvalue weighted by Gasteiger charge is 2.07. The molecule has 2 aromatic carbocycles. The molecule has 3 rings (SSSR count). The van der Waals surface area contributed by atoms with E-state index in [0.29, 0.717) is 12.1 Å². The standard InChI is InChI=1S/C17H11FN2O/c18-16-5-4-12(8-14(16)9-19)10-20-7-6-15-13(11-21)2-1-3-17(15)20/h1-8,11H,10H2. The van der Waals surface area contributed by atoms with Gasteiger partial charge in [0.05, 0.1) is 5.56 Å². The van der Waals surface area contributed by atoms with Crippen molar-refractivity contribution in [3.8, 4) is 6.07 Å². The van der Waals surface area contributed by atoms with Gasteiger partial charge in [-0.15, -0.1) is 0 Å². The van der Waals surface area contributed by atoms with E-state index in [1.54, 1.807) is 18.2 Å². The Labute approximate surface area is 120 Å². The van der Waals surface area contributed by atoms with Gasteiger partial charge in [-0.25, -0.2) is 4.39 Å². The van der Waals surface area contributed by atoms with Gasteiger partial charge < -0.3 is 4.57 Å². The topological polar surface area (TPSA) is 45.8 Å². The predicted octanol–water partition coefficient (Wildman–Crippen LogP) is 3.51. The summed E-state index contributed by atoms with van der Waals surface area (Å²) in [6.07, 6.45) is 2.71. The number of aromatic nitrogens is 1. The Morgan fingerprint density at radius 1 is 1.24 bits per heavy atom. The Bertz CT molecular complexity index is 874. The second-order valence-corrected chi connectivity index (χ2v) is 4.77. The Balaban J connectivity index is 2.03. The molecule has 3 nitrogen and oxygen atoms in total. The van der Waals surface area contributed by atoms with Gasteiger partial charge in [-0.2, -0.15) is 5.26 Å². The molecule has 1 aromatic heterocycles. The minimum absolute atomic E-state index is 0.0394. The van der Waals surface area contributed by atoms with Crippen molar-refractivity contribution in [2.24, 2.45) is 0 Å². The maximum atomic E-state index is 13.3. The number of carbonyl (C=O) groups excluding carboxylic acids is 1. The third-order valence-corrected chi connectivity index (χ3v) is 3.48. The first-order valence-electron chi connectivity index (χ1n) is 6.44. The van der Waals surface area contributed by atoms with Crippen LogP contribution < -0.4 is 0 Å². The van der Waals surface area contributed by atoms with Crippen LogP contribution >= 0.6 is 0 Å². The quantitative estimate of drug-likeness (QED) is 0.688. The largest absolute Gasteiger partial charge is 0.343 e. The van der Waals surface area contributed by atoms with Crippen LogP contribution in [-0.2, 0) is 6.54 Å². The summed E-state index contributed by atoms with van der Waals surface area (Å²) in [6, 6.07) is 13.8. The minimum Gasteiger partial charge on any atom is -0.343 e. The summed E-state index contributed by atoms with van der Waals surface area (Å²) in [5.74, 6) is -0.512. The lowest BCUT2D eigenvalue weighted by Gasteiger charge is -2.07. The fraction of sp³-hybridized carbons (Fsp3) is 0.0588. The van der Waals surface area contributed by atoms with Gasteiger partial charge in [-0.3, -0.25) is 4.79 Å². The number of halogens is 1. The lowest BCUT2D eigenvalue weighted by atomic mass is 10.1. The molecule has 0 unspecified atom stereocenters. The van der Waals surface area contributed by atoms with Crippen LogP contribution in [0.5, 0.6) is 0 Å². The average Bonchev–Trinajstić information content (AvgIpc) is 2.92. The summed E-state index contributed by atoms with van der Waals surface area (Å²) in [7, 11) is 0. The number of fused-ring (bicyclic) bond motifs is 1. The lowest BCUT2D eigenvalue weighted by molar-refractivity contribution is 0.112. The molecule has 0 aliphatic heterocycles. The molecule has 0 saturated carbocycles. The first-order chi connectivity index (χ1) is 10.2. The smallest absolute Gasteiger partial charge is 0.150 e. The number of nitriles is 1. The highest BCUT2D eigenvalue weighted by Crippen LogP contribution is 2.21. The molecular weight excluding hydrogens is 267 g/mol. The second-order valence-electron chi connectivity index (χ2n) is 4.77. The first kappa shape index (κ1) is 13.1. The molecule has 0 aliphatic carbocycles. The second kappa shape index (κ2) is 5.22. The molecule has 0 N–H and O–H groups in total. The van der Waals surface area contributed by atoms with Gasteiger partial charge in [0.2, 0.25) is 0 Å². The molecule has 102 valence electrons. The van der Waals surface area contributed by atoms with Gasteiger partial charge in [-0.1, -0.05) is 18.2 Å². The molecule has 21 heavy (non-hydrogen) atoms. The molecule has 0 aliphatic rings. The highest BCUT2D eigenvalue weighted by molar-refractivity contribution is 5.97. The van der Waals surface area contributed by atoms with Crippen LogP contribution in [0.4, 0.5) is 4.39 Å². The van der Waals surface area contributed by atoms with Crippen LogP contribution in [0.25, 0.3) is 10.9 Å². The Kier molecular flexibility index (Phi) is 3.25. The van der Waals surface area contributed by atoms with Crippen molar-refractivity contribution in [2.45, 2.75) is 6.54 Å². The zero-order valence-corrected chi connectivity index (χ0v) is 11.1. The molecule has 3 aromatic rings. The minimum atomic E-state index is -0.512. The summed E-state index contributed by atoms with van der Waals surface area (Å²) in [4.78, 5) is 11.0. The van der Waals surface area contributed by atoms with E-state index in [2.05, 4.69) is 0 Å². The van der Waals surface area contributed by atoms with Gasteiger partial charge in [0.1, 0.15) is 11.9 Å². The van der Waals surface area contributed by atoms with Crippen LogP contribution in [0.3, 0.4) is 0 Å². The van der Waals surface area contributed by atoms with Crippen LogP contribution in [0, 0.1) is 17.1 Å². The van der Waals surface area contributed by atoms with Crippen molar-refractivity contribution in [1.29, 1.82) is 5.26 Å². The van der Waals surface area contributed by atoms with Gasteiger partial charge in [0.15, 0.2) is 6.29 Å². The van der Waals surface area contributed by atoms with E-state index in [1.807, 2.05) is 35.0 Å². The number of nitrogens with zero attached hydrogens (tertiary/aromatic N) is 2. The molecule has 0 spiro atoms. The Morgan fingerprint density at radius 2 is 2.10 bits per heavy atom. The Hall–Kier alpha value is -2.93. The van der Waals surface area contributed by atoms with Crippen molar-refractivity contribution in [3.63, 3.8) is 0 Å². The van der Waals surface area contributed by atoms with E-state index < -0.39 is 5.82 Å². The number of carbonyl (C=O) groups is 1. The number of rotatable bonds is 3. The van der Waals surface area contributed by atoms with Crippen molar-refractivity contribution >= 4 is 17.2 Å². The zero-order valence-electron chi connectivity index (χ0n) is 11.1. The average molecular weight is 278 g/mol. The van der Waals surface area contributed by atoms with E-state index in [9.17, 15) is 9.18 Å². The van der Waals surface area contributed by atoms with Crippen molar-refractivity contribution in [2.75, 3.05) is 0 Å². The molecule has 0 amide bonds. The number of hydrogen-bond donors (Lipinski definition) is 0. The highest BCUT2D eigenvalue weighted by atomic mass is 19.1. The third-order valence-electron chi connectivity index (χ3n) is 3.48. The van der Waals surface area contributed by atoms with Crippen LogP contribution in [-0.4, -0.2) is 10.9 Å². The number of benzene rings is 2. The predicted molar refractivity (Wildman–Crippen MR) is 77.5 cm³/mol. The molecule has 0 fully saturated rings. The SMILES string of the molecule is N#Cc1cc(Cn2ccc3c(C=O)cccc32)ccc1F. The first-order valence-corrected chi connectivity index (χ1v) is 6.44. The maximum Gasteiger partial charge on any atom is 0.150 e. The van der Waals surface area contributed by atoms with E-state index >= 15 is 0 Å². The summed E-state index contributed by atoms with van der Waals surface area (Å²) in [6.45, 7) is 0.515. The lowest BCUT2D eigenvalue weighted by Crippen LogP contribution is -1.99. The molecule has 0 bridgehead atoms. The molecule has 0 atom stereocenters. The fourth-order valence-electron chi connectivity index (χ4n) is 2.44. The number of hydrogen-bond acceptors (Lipinski definition) is 2. The summed E-state index contributed by atoms with van der Waals surface area (Å²) < 4.78 is 15.3. The van der Waals surface area contributed by atoms with E-state index in [4.69, 9.17) is 5.26 Å². The Morgan fingerprint density at radius 3 is 2.86 bits per heavy atom. The number of aldehydes is 1. The third kappa shape index (κ3) is 2.30. The van der Waals surface area contributed by atoms with Crippen LogP contribution in [0.1, 0.15) is 21.5 Å². The van der Waals surface area contributed by atoms with Crippen LogP contribution in [0.2, 0.25) is 0 Å². The van der Waals surface area contributed by atoms with Crippen molar-refractivity contribution in [3.05, 3.63) is 71.2 Å². The van der Waals surface area contributed by atoms with E-state index in [1.165, 1.54) is 6.07 Å². The van der Waals surface area contributed by atoms with Gasteiger partial charge >= 0.3 is 0 Å². The molecule has 0 saturated heterocycles. The molecule has 4 heteroatoms. The van der Waals surface area contributed by atoms with Crippen molar-refractivity contribution in [1.82, 2.24) is 4.57 Å². The normalized spacial score (nSPS) is 10.5. The maximum absolute atomic E-state index is 13.3. The van der Waals surface area contributed by atoms with Crippen LogP contribution in [0.15, 0.2) is 48.7 Å². The molecule has 1 heterocycles. The van der Waals surface area contributed by atoms with Gasteiger partial charge in [0.25, 0.3) is 0 Å². The molecule has 0 radical (unpaired) electrons. The summed E-state index contributed by atoms with van der Waals surface area (Å²) in [5.41, 5.74) is 2.45. The monoisotopic (exact) mass is 278 g/mol. The van der Waals surface area contributed by atoms with Gasteiger partial charge in [0, 0.05) is 29.2 Å². The van der Waals surface area contributed by atoms with E-state index in [0.717, 1.165) is 22.8 Å². The van der Waals surface area contributed by atoms with E-state index in [-0.39, 0.29) is 5.56 Å². The van der Waals surface area contributed by atoms with Crippen molar-refractivity contribution < 1.29 is 9.18 Å².